The zero-order valence-corrected chi connectivity index (χ0v) is 17.6. The number of ether oxygens (including phenoxy) is 3. The summed E-state index contributed by atoms with van der Waals surface area (Å²) in [5.74, 6) is 0.937. The molecule has 1 amide bonds. The van der Waals surface area contributed by atoms with E-state index >= 15 is 0 Å². The smallest absolute Gasteiger partial charge is 0.279 e. The number of hydrogen-bond donors (Lipinski definition) is 0. The summed E-state index contributed by atoms with van der Waals surface area (Å²) in [5, 5.41) is 0. The number of hydrogen-bond acceptors (Lipinski definition) is 5. The molecule has 0 aliphatic rings. The summed E-state index contributed by atoms with van der Waals surface area (Å²) in [6, 6.07) is 9.46. The van der Waals surface area contributed by atoms with E-state index in [2.05, 4.69) is 35.5 Å². The van der Waals surface area contributed by atoms with Gasteiger partial charge in [-0.25, -0.2) is 0 Å². The summed E-state index contributed by atoms with van der Waals surface area (Å²) >= 11 is 1.52. The van der Waals surface area contributed by atoms with E-state index in [9.17, 15) is 4.79 Å². The number of nitrogens with zero attached hydrogens (tertiary/aromatic N) is 2. The maximum Gasteiger partial charge on any atom is 0.279 e. The lowest BCUT2D eigenvalue weighted by atomic mass is 10.1. The van der Waals surface area contributed by atoms with Crippen LogP contribution in [0.1, 0.15) is 29.8 Å². The summed E-state index contributed by atoms with van der Waals surface area (Å²) in [6.45, 7) is 4.92. The minimum absolute atomic E-state index is 0.356. The first-order chi connectivity index (χ1) is 13.6. The molecule has 1 heterocycles. The van der Waals surface area contributed by atoms with Crippen LogP contribution in [0.3, 0.4) is 0 Å². The van der Waals surface area contributed by atoms with Crippen molar-refractivity contribution in [2.75, 3.05) is 21.3 Å². The van der Waals surface area contributed by atoms with Crippen LogP contribution in [0.25, 0.3) is 10.2 Å². The van der Waals surface area contributed by atoms with Crippen molar-refractivity contribution in [2.24, 2.45) is 4.99 Å². The topological polar surface area (TPSA) is 62.1 Å². The van der Waals surface area contributed by atoms with Gasteiger partial charge in [0.05, 0.1) is 31.5 Å². The molecular formula is C21H24N2O4S. The Morgan fingerprint density at radius 3 is 2.29 bits per heavy atom. The van der Waals surface area contributed by atoms with Gasteiger partial charge < -0.3 is 18.8 Å². The maximum absolute atomic E-state index is 12.9. The molecule has 6 nitrogen and oxygen atoms in total. The van der Waals surface area contributed by atoms with Crippen LogP contribution in [0.5, 0.6) is 17.2 Å². The number of methoxy groups -OCH3 is 3. The van der Waals surface area contributed by atoms with Crippen LogP contribution in [0.15, 0.2) is 35.3 Å². The number of para-hydroxylation sites is 1. The molecule has 1 aromatic heterocycles. The number of aromatic nitrogens is 1. The quantitative estimate of drug-likeness (QED) is 0.626. The number of carbonyl (C=O) groups is 1. The van der Waals surface area contributed by atoms with Crippen molar-refractivity contribution in [1.82, 2.24) is 4.57 Å². The Hall–Kier alpha value is -2.80. The molecule has 2 aromatic carbocycles. The fourth-order valence-corrected chi connectivity index (χ4v) is 4.36. The van der Waals surface area contributed by atoms with Crippen molar-refractivity contribution in [3.05, 3.63) is 46.3 Å². The highest BCUT2D eigenvalue weighted by Gasteiger charge is 2.17. The highest BCUT2D eigenvalue weighted by Crippen LogP contribution is 2.38. The van der Waals surface area contributed by atoms with E-state index in [4.69, 9.17) is 14.2 Å². The van der Waals surface area contributed by atoms with Gasteiger partial charge in [0, 0.05) is 12.1 Å². The third-order valence-corrected chi connectivity index (χ3v) is 5.63. The van der Waals surface area contributed by atoms with E-state index in [1.54, 1.807) is 12.1 Å². The Labute approximate surface area is 168 Å². The van der Waals surface area contributed by atoms with E-state index in [-0.39, 0.29) is 5.91 Å². The van der Waals surface area contributed by atoms with Gasteiger partial charge in [-0.05, 0) is 37.1 Å². The standard InChI is InChI=1S/C21H24N2O4S/c1-6-13-9-8-10-17-18(13)23(7-2)21(28-17)22-20(24)14-11-15(25-3)19(27-5)16(12-14)26-4/h8-12H,6-7H2,1-5H3. The van der Waals surface area contributed by atoms with Crippen LogP contribution in [-0.4, -0.2) is 31.8 Å². The molecule has 28 heavy (non-hydrogen) atoms. The van der Waals surface area contributed by atoms with Gasteiger partial charge in [0.2, 0.25) is 5.75 Å². The fourth-order valence-electron chi connectivity index (χ4n) is 3.22. The second-order valence-corrected chi connectivity index (χ2v) is 7.09. The number of aryl methyl sites for hydroxylation is 2. The molecule has 148 valence electrons. The molecule has 0 aliphatic carbocycles. The van der Waals surface area contributed by atoms with E-state index in [1.165, 1.54) is 38.2 Å². The second kappa shape index (κ2) is 8.48. The Morgan fingerprint density at radius 2 is 1.75 bits per heavy atom. The molecule has 0 saturated heterocycles. The van der Waals surface area contributed by atoms with Crippen LogP contribution < -0.4 is 19.0 Å². The van der Waals surface area contributed by atoms with Gasteiger partial charge in [0.15, 0.2) is 16.3 Å². The van der Waals surface area contributed by atoms with E-state index in [1.807, 2.05) is 6.07 Å². The third kappa shape index (κ3) is 3.49. The summed E-state index contributed by atoms with van der Waals surface area (Å²) in [5.41, 5.74) is 2.77. The second-order valence-electron chi connectivity index (χ2n) is 6.08. The van der Waals surface area contributed by atoms with Gasteiger partial charge in [-0.15, -0.1) is 0 Å². The highest BCUT2D eigenvalue weighted by atomic mass is 32.1. The molecule has 3 rings (SSSR count). The molecule has 7 heteroatoms. The van der Waals surface area contributed by atoms with Gasteiger partial charge in [-0.1, -0.05) is 30.4 Å². The number of fused-ring (bicyclic) bond motifs is 1. The molecule has 0 saturated carbocycles. The van der Waals surface area contributed by atoms with Crippen LogP contribution >= 0.6 is 11.3 Å². The average Bonchev–Trinajstić information content (AvgIpc) is 3.09. The Morgan fingerprint density at radius 1 is 1.07 bits per heavy atom. The zero-order chi connectivity index (χ0) is 20.3. The van der Waals surface area contributed by atoms with Crippen molar-refractivity contribution in [2.45, 2.75) is 26.8 Å². The fraction of sp³-hybridized carbons (Fsp3) is 0.333. The number of amides is 1. The van der Waals surface area contributed by atoms with Crippen LogP contribution in [-0.2, 0) is 13.0 Å². The summed E-state index contributed by atoms with van der Waals surface area (Å²) < 4.78 is 19.2. The molecule has 0 unspecified atom stereocenters. The molecule has 0 fully saturated rings. The van der Waals surface area contributed by atoms with Crippen molar-refractivity contribution < 1.29 is 19.0 Å². The molecular weight excluding hydrogens is 376 g/mol. The largest absolute Gasteiger partial charge is 0.493 e. The first-order valence-electron chi connectivity index (χ1n) is 9.08. The lowest BCUT2D eigenvalue weighted by Crippen LogP contribution is -2.16. The van der Waals surface area contributed by atoms with Crippen molar-refractivity contribution in [3.63, 3.8) is 0 Å². The third-order valence-electron chi connectivity index (χ3n) is 4.59. The van der Waals surface area contributed by atoms with E-state index in [0.717, 1.165) is 23.2 Å². The van der Waals surface area contributed by atoms with Crippen molar-refractivity contribution in [1.29, 1.82) is 0 Å². The molecule has 0 radical (unpaired) electrons. The van der Waals surface area contributed by atoms with Gasteiger partial charge in [-0.3, -0.25) is 4.79 Å². The molecule has 0 N–H and O–H groups in total. The van der Waals surface area contributed by atoms with Gasteiger partial charge in [0.25, 0.3) is 5.91 Å². The highest BCUT2D eigenvalue weighted by molar-refractivity contribution is 7.16. The minimum atomic E-state index is -0.356. The Kier molecular flexibility index (Phi) is 6.04. The molecule has 0 aliphatic heterocycles. The average molecular weight is 401 g/mol. The first kappa shape index (κ1) is 19.9. The number of carbonyl (C=O) groups excluding carboxylic acids is 1. The van der Waals surface area contributed by atoms with Crippen LogP contribution in [0.4, 0.5) is 0 Å². The maximum atomic E-state index is 12.9. The SMILES string of the molecule is CCc1cccc2sc(=NC(=O)c3cc(OC)c(OC)c(OC)c3)n(CC)c12. The summed E-state index contributed by atoms with van der Waals surface area (Å²) in [7, 11) is 4.57. The Bertz CT molecular complexity index is 1060. The number of rotatable bonds is 6. The number of thiazole rings is 1. The Balaban J connectivity index is 2.16. The first-order valence-corrected chi connectivity index (χ1v) is 9.89. The molecule has 3 aromatic rings. The summed E-state index contributed by atoms with van der Waals surface area (Å²) in [4.78, 5) is 18.0. The molecule has 0 spiro atoms. The normalized spacial score (nSPS) is 11.7. The van der Waals surface area contributed by atoms with Crippen molar-refractivity contribution >= 4 is 27.5 Å². The molecule has 0 atom stereocenters. The lowest BCUT2D eigenvalue weighted by molar-refractivity contribution is 0.0997. The van der Waals surface area contributed by atoms with Crippen molar-refractivity contribution in [3.8, 4) is 17.2 Å². The minimum Gasteiger partial charge on any atom is -0.493 e. The molecule has 0 bridgehead atoms. The number of benzene rings is 2. The van der Waals surface area contributed by atoms with Gasteiger partial charge in [-0.2, -0.15) is 4.99 Å². The van der Waals surface area contributed by atoms with E-state index < -0.39 is 0 Å². The lowest BCUT2D eigenvalue weighted by Gasteiger charge is -2.12. The van der Waals surface area contributed by atoms with Crippen LogP contribution in [0.2, 0.25) is 0 Å². The van der Waals surface area contributed by atoms with Crippen LogP contribution in [0, 0.1) is 0 Å². The predicted molar refractivity (Wildman–Crippen MR) is 111 cm³/mol. The van der Waals surface area contributed by atoms with E-state index in [0.29, 0.717) is 27.6 Å². The van der Waals surface area contributed by atoms with Gasteiger partial charge >= 0.3 is 0 Å². The van der Waals surface area contributed by atoms with Gasteiger partial charge in [0.1, 0.15) is 0 Å². The zero-order valence-electron chi connectivity index (χ0n) is 16.7. The summed E-state index contributed by atoms with van der Waals surface area (Å²) in [6.07, 6.45) is 0.925. The predicted octanol–water partition coefficient (Wildman–Crippen LogP) is 4.05. The monoisotopic (exact) mass is 400 g/mol.